The van der Waals surface area contributed by atoms with E-state index in [4.69, 9.17) is 10.5 Å². The minimum atomic E-state index is -0.481. The number of carbonyl (C=O) groups excluding carboxylic acids is 1. The van der Waals surface area contributed by atoms with Crippen molar-refractivity contribution in [2.75, 3.05) is 0 Å². The van der Waals surface area contributed by atoms with Gasteiger partial charge in [0.25, 0.3) is 0 Å². The van der Waals surface area contributed by atoms with Crippen LogP contribution >= 0.6 is 0 Å². The highest BCUT2D eigenvalue weighted by molar-refractivity contribution is 5.71. The molecule has 3 nitrogen and oxygen atoms in total. The van der Waals surface area contributed by atoms with E-state index in [0.717, 1.165) is 6.42 Å². The molecule has 0 aliphatic heterocycles. The highest BCUT2D eigenvalue weighted by Crippen LogP contribution is 2.66. The maximum atomic E-state index is 11.9. The average Bonchev–Trinajstić information content (AvgIpc) is 2.47. The summed E-state index contributed by atoms with van der Waals surface area (Å²) in [6, 6.07) is 0. The highest BCUT2D eigenvalue weighted by Gasteiger charge is 2.62. The molecule has 2 aliphatic rings. The molecule has 2 bridgehead atoms. The first-order valence-electron chi connectivity index (χ1n) is 7.05. The lowest BCUT2D eigenvalue weighted by Gasteiger charge is -2.38. The van der Waals surface area contributed by atoms with Crippen LogP contribution in [0.4, 0.5) is 0 Å². The van der Waals surface area contributed by atoms with Crippen LogP contribution in [0.3, 0.4) is 0 Å². The van der Waals surface area contributed by atoms with Gasteiger partial charge in [-0.15, -0.1) is 0 Å². The fourth-order valence-electron chi connectivity index (χ4n) is 3.88. The Kier molecular flexibility index (Phi) is 3.05. The second-order valence-corrected chi connectivity index (χ2v) is 7.75. The fourth-order valence-corrected chi connectivity index (χ4v) is 3.88. The summed E-state index contributed by atoms with van der Waals surface area (Å²) in [7, 11) is 0. The number of hydrogen-bond donors (Lipinski definition) is 1. The van der Waals surface area contributed by atoms with E-state index in [1.54, 1.807) is 0 Å². The SMILES string of the molecule is CC(C)(N)CC(=O)OC1CC2CCC1(C)C2(C)C. The van der Waals surface area contributed by atoms with Gasteiger partial charge in [-0.1, -0.05) is 20.8 Å². The monoisotopic (exact) mass is 253 g/mol. The molecule has 2 aliphatic carbocycles. The molecular formula is C15H27NO2. The molecule has 2 N–H and O–H groups in total. The predicted octanol–water partition coefficient (Wildman–Crippen LogP) is 2.87. The van der Waals surface area contributed by atoms with Gasteiger partial charge >= 0.3 is 5.97 Å². The van der Waals surface area contributed by atoms with Crippen LogP contribution in [-0.2, 0) is 9.53 Å². The Morgan fingerprint density at radius 3 is 2.39 bits per heavy atom. The number of ether oxygens (including phenoxy) is 1. The molecular weight excluding hydrogens is 226 g/mol. The first kappa shape index (κ1) is 13.9. The Labute approximate surface area is 110 Å². The van der Waals surface area contributed by atoms with Crippen LogP contribution < -0.4 is 5.73 Å². The van der Waals surface area contributed by atoms with Gasteiger partial charge in [-0.2, -0.15) is 0 Å². The highest BCUT2D eigenvalue weighted by atomic mass is 16.5. The molecule has 3 heteroatoms. The molecule has 104 valence electrons. The van der Waals surface area contributed by atoms with Gasteiger partial charge in [0, 0.05) is 11.0 Å². The van der Waals surface area contributed by atoms with Crippen LogP contribution in [0, 0.1) is 16.7 Å². The van der Waals surface area contributed by atoms with Gasteiger partial charge in [0.1, 0.15) is 6.10 Å². The number of rotatable bonds is 3. The van der Waals surface area contributed by atoms with Crippen LogP contribution in [0.2, 0.25) is 0 Å². The van der Waals surface area contributed by atoms with Gasteiger partial charge in [-0.3, -0.25) is 4.79 Å². The van der Waals surface area contributed by atoms with Crippen LogP contribution in [0.5, 0.6) is 0 Å². The van der Waals surface area contributed by atoms with Crippen molar-refractivity contribution in [3.8, 4) is 0 Å². The van der Waals surface area contributed by atoms with Crippen LogP contribution in [-0.4, -0.2) is 17.6 Å². The van der Waals surface area contributed by atoms with Crippen LogP contribution in [0.25, 0.3) is 0 Å². The van der Waals surface area contributed by atoms with Gasteiger partial charge in [0.05, 0.1) is 6.42 Å². The Morgan fingerprint density at radius 1 is 1.39 bits per heavy atom. The minimum absolute atomic E-state index is 0.0844. The van der Waals surface area contributed by atoms with E-state index >= 15 is 0 Å². The number of nitrogens with two attached hydrogens (primary N) is 1. The first-order valence-corrected chi connectivity index (χ1v) is 7.05. The lowest BCUT2D eigenvalue weighted by Crippen LogP contribution is -2.41. The first-order chi connectivity index (χ1) is 8.06. The van der Waals surface area contributed by atoms with E-state index in [1.807, 2.05) is 13.8 Å². The maximum absolute atomic E-state index is 11.9. The average molecular weight is 253 g/mol. The zero-order chi connectivity index (χ0) is 13.8. The smallest absolute Gasteiger partial charge is 0.307 e. The molecule has 2 saturated carbocycles. The van der Waals surface area contributed by atoms with Crippen molar-refractivity contribution in [1.82, 2.24) is 0 Å². The molecule has 0 amide bonds. The van der Waals surface area contributed by atoms with E-state index in [-0.39, 0.29) is 22.9 Å². The van der Waals surface area contributed by atoms with Crippen molar-refractivity contribution < 1.29 is 9.53 Å². The summed E-state index contributed by atoms with van der Waals surface area (Å²) in [6.45, 7) is 10.7. The Hall–Kier alpha value is -0.570. The Balaban J connectivity index is 2.03. The van der Waals surface area contributed by atoms with Gasteiger partial charge in [0.15, 0.2) is 0 Å². The third-order valence-electron chi connectivity index (χ3n) is 5.59. The third kappa shape index (κ3) is 2.07. The van der Waals surface area contributed by atoms with E-state index in [0.29, 0.717) is 12.3 Å². The molecule has 0 aromatic heterocycles. The topological polar surface area (TPSA) is 52.3 Å². The molecule has 2 rings (SSSR count). The lowest BCUT2D eigenvalue weighted by atomic mass is 9.70. The second kappa shape index (κ2) is 3.96. The molecule has 0 aromatic carbocycles. The van der Waals surface area contributed by atoms with Crippen LogP contribution in [0.1, 0.15) is 60.3 Å². The zero-order valence-electron chi connectivity index (χ0n) is 12.4. The number of esters is 1. The lowest BCUT2D eigenvalue weighted by molar-refractivity contribution is -0.158. The molecule has 2 fully saturated rings. The molecule has 0 saturated heterocycles. The van der Waals surface area contributed by atoms with Crippen LogP contribution in [0.15, 0.2) is 0 Å². The quantitative estimate of drug-likeness (QED) is 0.787. The summed E-state index contributed by atoms with van der Waals surface area (Å²) >= 11 is 0. The summed E-state index contributed by atoms with van der Waals surface area (Å²) < 4.78 is 5.74. The summed E-state index contributed by atoms with van der Waals surface area (Å²) in [5.74, 6) is 0.559. The Bertz CT molecular complexity index is 356. The number of hydrogen-bond acceptors (Lipinski definition) is 3. The van der Waals surface area contributed by atoms with Crippen molar-refractivity contribution in [2.45, 2.75) is 71.9 Å². The van der Waals surface area contributed by atoms with Crippen molar-refractivity contribution in [3.63, 3.8) is 0 Å². The van der Waals surface area contributed by atoms with E-state index in [9.17, 15) is 4.79 Å². The normalized spacial score (nSPS) is 37.9. The van der Waals surface area contributed by atoms with Crippen molar-refractivity contribution in [2.24, 2.45) is 22.5 Å². The third-order valence-corrected chi connectivity index (χ3v) is 5.59. The van der Waals surface area contributed by atoms with Gasteiger partial charge in [-0.05, 0) is 44.4 Å². The summed E-state index contributed by atoms with van der Waals surface area (Å²) in [4.78, 5) is 11.9. The Morgan fingerprint density at radius 2 is 2.00 bits per heavy atom. The summed E-state index contributed by atoms with van der Waals surface area (Å²) in [5.41, 5.74) is 5.82. The zero-order valence-corrected chi connectivity index (χ0v) is 12.4. The summed E-state index contributed by atoms with van der Waals surface area (Å²) in [5, 5.41) is 0. The second-order valence-electron chi connectivity index (χ2n) is 7.75. The molecule has 0 radical (unpaired) electrons. The van der Waals surface area contributed by atoms with Gasteiger partial charge in [0.2, 0.25) is 0 Å². The van der Waals surface area contributed by atoms with E-state index in [2.05, 4.69) is 20.8 Å². The summed E-state index contributed by atoms with van der Waals surface area (Å²) in [6.07, 6.45) is 3.86. The minimum Gasteiger partial charge on any atom is -0.462 e. The molecule has 0 aromatic rings. The standard InChI is InChI=1S/C15H27NO2/c1-13(2,16)9-12(17)18-11-8-10-6-7-15(11,5)14(10,3)4/h10-11H,6-9,16H2,1-5H3. The van der Waals surface area contributed by atoms with Gasteiger partial charge in [-0.25, -0.2) is 0 Å². The van der Waals surface area contributed by atoms with Gasteiger partial charge < -0.3 is 10.5 Å². The fraction of sp³-hybridized carbons (Fsp3) is 0.933. The van der Waals surface area contributed by atoms with Crippen molar-refractivity contribution in [1.29, 1.82) is 0 Å². The van der Waals surface area contributed by atoms with E-state index < -0.39 is 5.54 Å². The number of fused-ring (bicyclic) bond motifs is 2. The molecule has 0 heterocycles. The largest absolute Gasteiger partial charge is 0.462 e. The van der Waals surface area contributed by atoms with E-state index in [1.165, 1.54) is 12.8 Å². The molecule has 3 unspecified atom stereocenters. The molecule has 3 atom stereocenters. The van der Waals surface area contributed by atoms with Crippen molar-refractivity contribution in [3.05, 3.63) is 0 Å². The van der Waals surface area contributed by atoms with Crippen molar-refractivity contribution >= 4 is 5.97 Å². The molecule has 18 heavy (non-hydrogen) atoms. The maximum Gasteiger partial charge on any atom is 0.307 e. The number of carbonyl (C=O) groups is 1. The molecule has 0 spiro atoms. The predicted molar refractivity (Wildman–Crippen MR) is 72.0 cm³/mol.